The van der Waals surface area contributed by atoms with Crippen molar-refractivity contribution in [1.82, 2.24) is 25.1 Å². The Morgan fingerprint density at radius 3 is 2.84 bits per heavy atom. The molecule has 1 N–H and O–H groups in total. The van der Waals surface area contributed by atoms with Gasteiger partial charge in [-0.2, -0.15) is 5.10 Å². The second-order valence-electron chi connectivity index (χ2n) is 7.41. The van der Waals surface area contributed by atoms with Crippen molar-refractivity contribution in [1.29, 1.82) is 0 Å². The highest BCUT2D eigenvalue weighted by molar-refractivity contribution is 5.95. The molecule has 9 heteroatoms. The first-order valence-electron chi connectivity index (χ1n) is 10.6. The molecule has 9 nitrogen and oxygen atoms in total. The van der Waals surface area contributed by atoms with Crippen molar-refractivity contribution in [2.75, 3.05) is 20.3 Å². The number of nitrogens with zero attached hydrogens (tertiary/aromatic N) is 4. The van der Waals surface area contributed by atoms with Gasteiger partial charge in [0, 0.05) is 24.2 Å². The number of amides is 1. The molecule has 1 aliphatic rings. The Balaban J connectivity index is 1.58. The van der Waals surface area contributed by atoms with Gasteiger partial charge in [0.05, 0.1) is 43.3 Å². The quantitative estimate of drug-likeness (QED) is 0.515. The molecule has 166 valence electrons. The predicted octanol–water partition coefficient (Wildman–Crippen LogP) is 2.90. The lowest BCUT2D eigenvalue weighted by atomic mass is 10.1. The minimum atomic E-state index is -0.339. The summed E-state index contributed by atoms with van der Waals surface area (Å²) in [6.45, 7) is 2.27. The first kappa shape index (κ1) is 21.5. The Kier molecular flexibility index (Phi) is 6.44. The van der Waals surface area contributed by atoms with Crippen LogP contribution in [0.15, 0.2) is 42.7 Å². The Morgan fingerprint density at radius 1 is 1.25 bits per heavy atom. The van der Waals surface area contributed by atoms with Crippen LogP contribution in [0.4, 0.5) is 0 Å². The lowest BCUT2D eigenvalue weighted by Gasteiger charge is -2.10. The number of carbonyl (C=O) groups is 2. The number of carbonyl (C=O) groups excluding carboxylic acids is 2. The summed E-state index contributed by atoms with van der Waals surface area (Å²) in [5.74, 6) is 0.757. The predicted molar refractivity (Wildman–Crippen MR) is 117 cm³/mol. The van der Waals surface area contributed by atoms with E-state index in [0.717, 1.165) is 35.5 Å². The Morgan fingerprint density at radius 2 is 2.09 bits per heavy atom. The Labute approximate surface area is 185 Å². The number of hydrogen-bond acceptors (Lipinski definition) is 7. The van der Waals surface area contributed by atoms with Crippen LogP contribution >= 0.6 is 0 Å². The van der Waals surface area contributed by atoms with E-state index in [1.165, 1.54) is 6.20 Å². The third-order valence-corrected chi connectivity index (χ3v) is 5.13. The number of esters is 1. The van der Waals surface area contributed by atoms with Crippen LogP contribution in [-0.2, 0) is 9.53 Å². The molecule has 0 unspecified atom stereocenters. The summed E-state index contributed by atoms with van der Waals surface area (Å²) in [7, 11) is 1.62. The molecule has 4 rings (SSSR count). The lowest BCUT2D eigenvalue weighted by molar-refractivity contribution is -0.142. The van der Waals surface area contributed by atoms with E-state index >= 15 is 0 Å². The zero-order valence-electron chi connectivity index (χ0n) is 18.1. The zero-order chi connectivity index (χ0) is 22.5. The van der Waals surface area contributed by atoms with Crippen LogP contribution < -0.4 is 10.1 Å². The highest BCUT2D eigenvalue weighted by Crippen LogP contribution is 2.42. The van der Waals surface area contributed by atoms with E-state index in [9.17, 15) is 9.59 Å². The average Bonchev–Trinajstić information content (AvgIpc) is 3.56. The van der Waals surface area contributed by atoms with Gasteiger partial charge < -0.3 is 14.8 Å². The molecule has 1 fully saturated rings. The van der Waals surface area contributed by atoms with Crippen LogP contribution in [0.3, 0.4) is 0 Å². The van der Waals surface area contributed by atoms with Crippen LogP contribution in [0.25, 0.3) is 17.2 Å². The summed E-state index contributed by atoms with van der Waals surface area (Å²) in [5, 5.41) is 7.20. The molecule has 0 spiro atoms. The van der Waals surface area contributed by atoms with Crippen molar-refractivity contribution in [3.63, 3.8) is 0 Å². The summed E-state index contributed by atoms with van der Waals surface area (Å²) in [6, 6.07) is 9.44. The molecular formula is C23H25N5O4. The molecule has 1 aliphatic carbocycles. The van der Waals surface area contributed by atoms with Gasteiger partial charge in [0.1, 0.15) is 5.75 Å². The number of rotatable bonds is 9. The summed E-state index contributed by atoms with van der Waals surface area (Å²) >= 11 is 0. The molecule has 32 heavy (non-hydrogen) atoms. The summed E-state index contributed by atoms with van der Waals surface area (Å²) in [4.78, 5) is 33.4. The van der Waals surface area contributed by atoms with Gasteiger partial charge >= 0.3 is 5.97 Å². The maximum Gasteiger partial charge on any atom is 0.307 e. The maximum atomic E-state index is 12.8. The van der Waals surface area contributed by atoms with E-state index in [1.54, 1.807) is 24.9 Å². The van der Waals surface area contributed by atoms with Crippen LogP contribution in [0.2, 0.25) is 0 Å². The van der Waals surface area contributed by atoms with Crippen LogP contribution in [-0.4, -0.2) is 51.9 Å². The minimum Gasteiger partial charge on any atom is -0.497 e. The van der Waals surface area contributed by atoms with Gasteiger partial charge in [0.2, 0.25) is 0 Å². The first-order chi connectivity index (χ1) is 15.6. The molecule has 2 heterocycles. The second-order valence-corrected chi connectivity index (χ2v) is 7.41. The number of nitrogens with one attached hydrogen (secondary N) is 1. The van der Waals surface area contributed by atoms with Crippen molar-refractivity contribution in [2.45, 2.75) is 32.1 Å². The lowest BCUT2D eigenvalue weighted by Crippen LogP contribution is -2.27. The monoisotopic (exact) mass is 435 g/mol. The number of ether oxygens (including phenoxy) is 2. The molecule has 0 aliphatic heterocycles. The van der Waals surface area contributed by atoms with E-state index in [0.29, 0.717) is 18.1 Å². The van der Waals surface area contributed by atoms with Gasteiger partial charge in [0.15, 0.2) is 0 Å². The third kappa shape index (κ3) is 4.77. The number of methoxy groups -OCH3 is 1. The molecule has 2 aromatic heterocycles. The molecule has 1 aromatic carbocycles. The number of aromatic nitrogens is 4. The normalized spacial score (nSPS) is 12.9. The Hall–Kier alpha value is -3.75. The van der Waals surface area contributed by atoms with Gasteiger partial charge in [-0.25, -0.2) is 14.6 Å². The van der Waals surface area contributed by atoms with E-state index in [2.05, 4.69) is 20.4 Å². The van der Waals surface area contributed by atoms with Crippen molar-refractivity contribution in [3.05, 3.63) is 54.0 Å². The Bertz CT molecular complexity index is 1120. The van der Waals surface area contributed by atoms with Gasteiger partial charge in [-0.3, -0.25) is 9.59 Å². The SMILES string of the molecule is CCOC(=O)CCNC(=O)c1cnn(-c2nccc(-c3cccc(OC)c3)n2)c1C1CC1. The zero-order valence-corrected chi connectivity index (χ0v) is 18.1. The third-order valence-electron chi connectivity index (χ3n) is 5.13. The minimum absolute atomic E-state index is 0.123. The van der Waals surface area contributed by atoms with Crippen molar-refractivity contribution in [3.8, 4) is 23.0 Å². The summed E-state index contributed by atoms with van der Waals surface area (Å²) in [6.07, 6.45) is 5.29. The van der Waals surface area contributed by atoms with E-state index in [1.807, 2.05) is 30.3 Å². The molecule has 0 saturated heterocycles. The van der Waals surface area contributed by atoms with E-state index < -0.39 is 0 Å². The largest absolute Gasteiger partial charge is 0.497 e. The van der Waals surface area contributed by atoms with Crippen molar-refractivity contribution in [2.24, 2.45) is 0 Å². The number of benzene rings is 1. The fourth-order valence-electron chi connectivity index (χ4n) is 3.44. The second kappa shape index (κ2) is 9.59. The highest BCUT2D eigenvalue weighted by Gasteiger charge is 2.33. The smallest absolute Gasteiger partial charge is 0.307 e. The molecule has 0 atom stereocenters. The van der Waals surface area contributed by atoms with Crippen LogP contribution in [0, 0.1) is 0 Å². The summed E-state index contributed by atoms with van der Waals surface area (Å²) in [5.41, 5.74) is 2.89. The fraction of sp³-hybridized carbons (Fsp3) is 0.348. The van der Waals surface area contributed by atoms with E-state index in [-0.39, 0.29) is 30.8 Å². The fourth-order valence-corrected chi connectivity index (χ4v) is 3.44. The first-order valence-corrected chi connectivity index (χ1v) is 10.6. The van der Waals surface area contributed by atoms with Gasteiger partial charge in [-0.1, -0.05) is 12.1 Å². The standard InChI is InChI=1S/C23H25N5O4/c1-3-32-20(29)10-12-24-22(30)18-14-26-28(21(18)15-7-8-15)23-25-11-9-19(27-23)16-5-4-6-17(13-16)31-2/h4-6,9,11,13-15H,3,7-8,10,12H2,1-2H3,(H,24,30). The van der Waals surface area contributed by atoms with Gasteiger partial charge in [-0.05, 0) is 38.0 Å². The molecule has 3 aromatic rings. The van der Waals surface area contributed by atoms with Crippen molar-refractivity contribution >= 4 is 11.9 Å². The summed E-state index contributed by atoms with van der Waals surface area (Å²) < 4.78 is 11.8. The molecule has 0 bridgehead atoms. The molecule has 1 amide bonds. The molecule has 0 radical (unpaired) electrons. The van der Waals surface area contributed by atoms with Crippen LogP contribution in [0.1, 0.15) is 48.2 Å². The average molecular weight is 435 g/mol. The maximum absolute atomic E-state index is 12.8. The van der Waals surface area contributed by atoms with Crippen molar-refractivity contribution < 1.29 is 19.1 Å². The highest BCUT2D eigenvalue weighted by atomic mass is 16.5. The van der Waals surface area contributed by atoms with E-state index in [4.69, 9.17) is 9.47 Å². The topological polar surface area (TPSA) is 108 Å². The van der Waals surface area contributed by atoms with Crippen LogP contribution in [0.5, 0.6) is 5.75 Å². The van der Waals surface area contributed by atoms with Gasteiger partial charge in [0.25, 0.3) is 11.9 Å². The molecule has 1 saturated carbocycles. The van der Waals surface area contributed by atoms with Gasteiger partial charge in [-0.15, -0.1) is 0 Å². The molecular weight excluding hydrogens is 410 g/mol. The number of hydrogen-bond donors (Lipinski definition) is 1.